The molecule has 334 valence electrons. The minimum Gasteiger partial charge on any atom is -0.756 e. The van der Waals surface area contributed by atoms with Gasteiger partial charge in [0, 0.05) is 6.42 Å². The van der Waals surface area contributed by atoms with Gasteiger partial charge >= 0.3 is 0 Å². The van der Waals surface area contributed by atoms with Crippen LogP contribution in [0, 0.1) is 0 Å². The maximum Gasteiger partial charge on any atom is 0.268 e. The molecule has 9 heteroatoms. The van der Waals surface area contributed by atoms with Crippen LogP contribution < -0.4 is 10.2 Å². The number of quaternary nitrogens is 1. The molecule has 0 saturated carbocycles. The third-order valence-electron chi connectivity index (χ3n) is 11.0. The van der Waals surface area contributed by atoms with E-state index in [1.54, 1.807) is 0 Å². The van der Waals surface area contributed by atoms with Gasteiger partial charge in [0.2, 0.25) is 5.91 Å². The number of phosphoric acid groups is 1. The first kappa shape index (κ1) is 55.2. The zero-order chi connectivity index (χ0) is 41.4. The molecule has 8 nitrogen and oxygen atoms in total. The normalized spacial score (nSPS) is 14.3. The van der Waals surface area contributed by atoms with Gasteiger partial charge in [0.1, 0.15) is 13.2 Å². The first-order valence-corrected chi connectivity index (χ1v) is 25.5. The van der Waals surface area contributed by atoms with E-state index in [-0.39, 0.29) is 19.1 Å². The second-order valence-corrected chi connectivity index (χ2v) is 19.2. The van der Waals surface area contributed by atoms with Crippen LogP contribution in [-0.4, -0.2) is 68.5 Å². The summed E-state index contributed by atoms with van der Waals surface area (Å²) in [5.74, 6) is -0.168. The number of likely N-dealkylation sites (N-methyl/N-ethyl adjacent to an activating group) is 1. The van der Waals surface area contributed by atoms with Crippen molar-refractivity contribution < 1.29 is 32.9 Å². The SMILES string of the molecule is CCCCCCCCCCCCC/C=C\CCCCCCCCCC(=O)NC(COP(=O)([O-])OCC[N+](C)(C)C)C(O)CCCCCCCCCCCCCC. The van der Waals surface area contributed by atoms with Gasteiger partial charge in [-0.25, -0.2) is 0 Å². The summed E-state index contributed by atoms with van der Waals surface area (Å²) in [6, 6.07) is -0.798. The lowest BCUT2D eigenvalue weighted by molar-refractivity contribution is -0.870. The Hall–Kier alpha value is -0.760. The highest BCUT2D eigenvalue weighted by molar-refractivity contribution is 7.45. The van der Waals surface area contributed by atoms with E-state index in [0.717, 1.165) is 38.5 Å². The smallest absolute Gasteiger partial charge is 0.268 e. The number of nitrogens with zero attached hydrogens (tertiary/aromatic N) is 1. The fraction of sp³-hybridized carbons (Fsp3) is 0.936. The Labute approximate surface area is 348 Å². The second-order valence-electron chi connectivity index (χ2n) is 17.8. The van der Waals surface area contributed by atoms with E-state index in [1.807, 2.05) is 21.1 Å². The number of unbranched alkanes of at least 4 members (excludes halogenated alkanes) is 29. The number of hydrogen-bond acceptors (Lipinski definition) is 6. The van der Waals surface area contributed by atoms with Gasteiger partial charge in [-0.3, -0.25) is 9.36 Å². The molecule has 0 saturated heterocycles. The molecule has 0 rings (SSSR count). The summed E-state index contributed by atoms with van der Waals surface area (Å²) < 4.78 is 23.3. The predicted octanol–water partition coefficient (Wildman–Crippen LogP) is 12.9. The maximum atomic E-state index is 12.9. The molecule has 1 amide bonds. The lowest BCUT2D eigenvalue weighted by Gasteiger charge is -2.30. The number of nitrogens with one attached hydrogen (secondary N) is 1. The van der Waals surface area contributed by atoms with Crippen molar-refractivity contribution in [3.8, 4) is 0 Å². The van der Waals surface area contributed by atoms with Gasteiger partial charge in [-0.05, 0) is 38.5 Å². The molecule has 0 aromatic heterocycles. The number of aliphatic hydroxyl groups excluding tert-OH is 1. The summed E-state index contributed by atoms with van der Waals surface area (Å²) in [5.41, 5.74) is 0. The molecule has 2 N–H and O–H groups in total. The third-order valence-corrected chi connectivity index (χ3v) is 12.0. The van der Waals surface area contributed by atoms with Crippen LogP contribution in [0.2, 0.25) is 0 Å². The summed E-state index contributed by atoms with van der Waals surface area (Å²) in [6.45, 7) is 4.73. The number of carbonyl (C=O) groups excluding carboxylic acids is 1. The summed E-state index contributed by atoms with van der Waals surface area (Å²) in [5, 5.41) is 13.9. The van der Waals surface area contributed by atoms with Crippen molar-refractivity contribution in [3.63, 3.8) is 0 Å². The fourth-order valence-electron chi connectivity index (χ4n) is 7.15. The molecule has 3 unspecified atom stereocenters. The zero-order valence-electron chi connectivity index (χ0n) is 37.9. The molecule has 0 aliphatic carbocycles. The zero-order valence-corrected chi connectivity index (χ0v) is 38.7. The van der Waals surface area contributed by atoms with Crippen molar-refractivity contribution in [1.82, 2.24) is 5.32 Å². The molecule has 0 aliphatic heterocycles. The monoisotopic (exact) mass is 815 g/mol. The second kappa shape index (κ2) is 39.7. The van der Waals surface area contributed by atoms with Gasteiger partial charge in [-0.1, -0.05) is 199 Å². The van der Waals surface area contributed by atoms with Gasteiger partial charge in [-0.15, -0.1) is 0 Å². The largest absolute Gasteiger partial charge is 0.756 e. The molecular weight excluding hydrogens is 719 g/mol. The van der Waals surface area contributed by atoms with Crippen molar-refractivity contribution >= 4 is 13.7 Å². The highest BCUT2D eigenvalue weighted by Crippen LogP contribution is 2.38. The van der Waals surface area contributed by atoms with Crippen LogP contribution in [0.3, 0.4) is 0 Å². The highest BCUT2D eigenvalue weighted by Gasteiger charge is 2.24. The Bertz CT molecular complexity index is 927. The van der Waals surface area contributed by atoms with E-state index < -0.39 is 20.0 Å². The van der Waals surface area contributed by atoms with Crippen molar-refractivity contribution in [2.75, 3.05) is 40.9 Å². The van der Waals surface area contributed by atoms with E-state index in [2.05, 4.69) is 31.3 Å². The van der Waals surface area contributed by atoms with E-state index >= 15 is 0 Å². The van der Waals surface area contributed by atoms with Gasteiger partial charge in [0.25, 0.3) is 7.82 Å². The summed E-state index contributed by atoms with van der Waals surface area (Å²) in [4.78, 5) is 25.3. The average molecular weight is 815 g/mol. The average Bonchev–Trinajstić information content (AvgIpc) is 3.15. The molecule has 0 aromatic rings. The standard InChI is InChI=1S/C47H95N2O6P/c1-6-8-10-12-14-16-18-20-21-22-23-24-25-26-27-28-29-31-33-35-37-39-41-47(51)48-45(44-55-56(52,53)54-43-42-49(3,4)5)46(50)40-38-36-34-32-30-19-17-15-13-11-9-7-2/h25-26,45-46,50H,6-24,27-44H2,1-5H3,(H-,48,51,52,53)/b26-25-. The number of amides is 1. The van der Waals surface area contributed by atoms with Crippen LogP contribution in [-0.2, 0) is 18.4 Å². The first-order chi connectivity index (χ1) is 27.0. The van der Waals surface area contributed by atoms with E-state index in [1.165, 1.54) is 167 Å². The number of rotatable bonds is 44. The molecule has 0 bridgehead atoms. The van der Waals surface area contributed by atoms with Crippen molar-refractivity contribution in [1.29, 1.82) is 0 Å². The lowest BCUT2D eigenvalue weighted by Crippen LogP contribution is -2.46. The van der Waals surface area contributed by atoms with Crippen LogP contribution in [0.15, 0.2) is 12.2 Å². The molecule has 0 radical (unpaired) electrons. The molecule has 0 spiro atoms. The number of hydrogen-bond donors (Lipinski definition) is 2. The van der Waals surface area contributed by atoms with Crippen LogP contribution in [0.5, 0.6) is 0 Å². The lowest BCUT2D eigenvalue weighted by atomic mass is 10.0. The van der Waals surface area contributed by atoms with Crippen molar-refractivity contribution in [3.05, 3.63) is 12.2 Å². The quantitative estimate of drug-likeness (QED) is 0.0274. The van der Waals surface area contributed by atoms with Gasteiger partial charge < -0.3 is 28.8 Å². The van der Waals surface area contributed by atoms with E-state index in [9.17, 15) is 19.4 Å². The molecule has 0 aromatic carbocycles. The highest BCUT2D eigenvalue weighted by atomic mass is 31.2. The molecule has 0 heterocycles. The predicted molar refractivity (Wildman–Crippen MR) is 238 cm³/mol. The van der Waals surface area contributed by atoms with E-state index in [0.29, 0.717) is 23.9 Å². The van der Waals surface area contributed by atoms with Crippen LogP contribution in [0.25, 0.3) is 0 Å². The number of aliphatic hydroxyl groups is 1. The first-order valence-electron chi connectivity index (χ1n) is 24.0. The maximum absolute atomic E-state index is 12.9. The molecule has 0 aliphatic rings. The fourth-order valence-corrected chi connectivity index (χ4v) is 7.88. The molecule has 56 heavy (non-hydrogen) atoms. The Morgan fingerprint density at radius 2 is 0.982 bits per heavy atom. The molecular formula is C47H95N2O6P. The minimum absolute atomic E-state index is 0.0132. The minimum atomic E-state index is -4.56. The molecule has 3 atom stereocenters. The number of phosphoric ester groups is 1. The Kier molecular flexibility index (Phi) is 39.1. The van der Waals surface area contributed by atoms with Gasteiger partial charge in [0.15, 0.2) is 0 Å². The van der Waals surface area contributed by atoms with Crippen LogP contribution >= 0.6 is 7.82 Å². The summed E-state index contributed by atoms with van der Waals surface area (Å²) in [6.07, 6.45) is 45.1. The Morgan fingerprint density at radius 3 is 1.39 bits per heavy atom. The van der Waals surface area contributed by atoms with Gasteiger partial charge in [0.05, 0.1) is 39.9 Å². The van der Waals surface area contributed by atoms with Crippen LogP contribution in [0.4, 0.5) is 0 Å². The van der Waals surface area contributed by atoms with Crippen LogP contribution in [0.1, 0.15) is 232 Å². The Morgan fingerprint density at radius 1 is 0.607 bits per heavy atom. The summed E-state index contributed by atoms with van der Waals surface area (Å²) >= 11 is 0. The topological polar surface area (TPSA) is 108 Å². The number of allylic oxidation sites excluding steroid dienone is 2. The van der Waals surface area contributed by atoms with Crippen molar-refractivity contribution in [2.24, 2.45) is 0 Å². The summed E-state index contributed by atoms with van der Waals surface area (Å²) in [7, 11) is 1.31. The Balaban J connectivity index is 4.22. The number of carbonyl (C=O) groups is 1. The molecule has 0 fully saturated rings. The third kappa shape index (κ3) is 41.4. The van der Waals surface area contributed by atoms with Crippen molar-refractivity contribution in [2.45, 2.75) is 244 Å². The van der Waals surface area contributed by atoms with Gasteiger partial charge in [-0.2, -0.15) is 0 Å². The van der Waals surface area contributed by atoms with E-state index in [4.69, 9.17) is 9.05 Å².